The van der Waals surface area contributed by atoms with Gasteiger partial charge in [-0.2, -0.15) is 0 Å². The lowest BCUT2D eigenvalue weighted by molar-refractivity contribution is -0.869. The standard InChI is InChI=1S/C9H18NO2/c1-5-8-12-9(11)6-7-10(2,3)4/h5H,1,6-8H2,2-4H3/q+1. The van der Waals surface area contributed by atoms with E-state index < -0.39 is 0 Å². The van der Waals surface area contributed by atoms with Crippen LogP contribution in [-0.2, 0) is 9.53 Å². The molecule has 0 spiro atoms. The van der Waals surface area contributed by atoms with Crippen molar-refractivity contribution in [3.8, 4) is 0 Å². The van der Waals surface area contributed by atoms with Gasteiger partial charge in [0.25, 0.3) is 0 Å². The van der Waals surface area contributed by atoms with Gasteiger partial charge in [-0.25, -0.2) is 0 Å². The Morgan fingerprint density at radius 3 is 2.50 bits per heavy atom. The summed E-state index contributed by atoms with van der Waals surface area (Å²) < 4.78 is 5.60. The first-order valence-corrected chi connectivity index (χ1v) is 4.02. The van der Waals surface area contributed by atoms with Crippen LogP contribution in [0.1, 0.15) is 6.42 Å². The maximum absolute atomic E-state index is 11.0. The average Bonchev–Trinajstić information content (AvgIpc) is 1.95. The molecule has 70 valence electrons. The highest BCUT2D eigenvalue weighted by atomic mass is 16.5. The molecule has 0 amide bonds. The van der Waals surface area contributed by atoms with Crippen molar-refractivity contribution in [1.82, 2.24) is 0 Å². The van der Waals surface area contributed by atoms with Crippen molar-refractivity contribution in [3.05, 3.63) is 12.7 Å². The summed E-state index contributed by atoms with van der Waals surface area (Å²) in [5.41, 5.74) is 0. The zero-order valence-corrected chi connectivity index (χ0v) is 8.17. The normalized spacial score (nSPS) is 10.9. The van der Waals surface area contributed by atoms with Crippen LogP contribution in [0, 0.1) is 0 Å². The molecule has 0 aromatic rings. The van der Waals surface area contributed by atoms with Crippen LogP contribution in [0.25, 0.3) is 0 Å². The second kappa shape index (κ2) is 4.93. The zero-order valence-electron chi connectivity index (χ0n) is 8.17. The topological polar surface area (TPSA) is 26.3 Å². The lowest BCUT2D eigenvalue weighted by atomic mass is 10.4. The fraction of sp³-hybridized carbons (Fsp3) is 0.667. The van der Waals surface area contributed by atoms with Gasteiger partial charge >= 0.3 is 5.97 Å². The van der Waals surface area contributed by atoms with Gasteiger partial charge in [0, 0.05) is 0 Å². The van der Waals surface area contributed by atoms with E-state index in [1.165, 1.54) is 0 Å². The molecule has 12 heavy (non-hydrogen) atoms. The molecule has 3 nitrogen and oxygen atoms in total. The molecule has 0 aliphatic rings. The minimum atomic E-state index is -0.150. The molecule has 0 aliphatic carbocycles. The Bertz CT molecular complexity index is 158. The minimum absolute atomic E-state index is 0.150. The molecular formula is C9H18NO2+. The number of esters is 1. The Morgan fingerprint density at radius 2 is 2.08 bits per heavy atom. The highest BCUT2D eigenvalue weighted by molar-refractivity contribution is 5.69. The highest BCUT2D eigenvalue weighted by Crippen LogP contribution is 1.95. The van der Waals surface area contributed by atoms with Crippen molar-refractivity contribution in [1.29, 1.82) is 0 Å². The molecule has 0 saturated carbocycles. The predicted molar refractivity (Wildman–Crippen MR) is 48.7 cm³/mol. The number of carbonyl (C=O) groups is 1. The summed E-state index contributed by atoms with van der Waals surface area (Å²) in [5, 5.41) is 0. The molecular weight excluding hydrogens is 154 g/mol. The highest BCUT2D eigenvalue weighted by Gasteiger charge is 2.10. The van der Waals surface area contributed by atoms with Crippen molar-refractivity contribution < 1.29 is 14.0 Å². The number of nitrogens with zero attached hydrogens (tertiary/aromatic N) is 1. The number of carbonyl (C=O) groups excluding carboxylic acids is 1. The number of rotatable bonds is 5. The zero-order chi connectivity index (χ0) is 9.61. The molecule has 0 aromatic heterocycles. The van der Waals surface area contributed by atoms with E-state index in [-0.39, 0.29) is 5.97 Å². The van der Waals surface area contributed by atoms with Crippen LogP contribution in [0.4, 0.5) is 0 Å². The first-order chi connectivity index (χ1) is 5.45. The van der Waals surface area contributed by atoms with E-state index in [2.05, 4.69) is 6.58 Å². The Labute approximate surface area is 74.2 Å². The molecule has 0 aliphatic heterocycles. The van der Waals surface area contributed by atoms with Crippen molar-refractivity contribution in [2.24, 2.45) is 0 Å². The largest absolute Gasteiger partial charge is 0.461 e. The van der Waals surface area contributed by atoms with Gasteiger partial charge in [-0.1, -0.05) is 12.7 Å². The number of hydrogen-bond donors (Lipinski definition) is 0. The van der Waals surface area contributed by atoms with E-state index in [0.717, 1.165) is 11.0 Å². The maximum Gasteiger partial charge on any atom is 0.311 e. The minimum Gasteiger partial charge on any atom is -0.461 e. The quantitative estimate of drug-likeness (QED) is 0.348. The van der Waals surface area contributed by atoms with Crippen molar-refractivity contribution in [2.45, 2.75) is 6.42 Å². The lowest BCUT2D eigenvalue weighted by Gasteiger charge is -2.22. The molecule has 0 fully saturated rings. The van der Waals surface area contributed by atoms with Crippen LogP contribution < -0.4 is 0 Å². The average molecular weight is 172 g/mol. The molecule has 0 rings (SSSR count). The fourth-order valence-electron chi connectivity index (χ4n) is 0.651. The summed E-state index contributed by atoms with van der Waals surface area (Å²) in [6, 6.07) is 0. The van der Waals surface area contributed by atoms with Gasteiger partial charge < -0.3 is 9.22 Å². The SMILES string of the molecule is C=CCOC(=O)CC[N+](C)(C)C. The van der Waals surface area contributed by atoms with Gasteiger partial charge in [-0.15, -0.1) is 0 Å². The van der Waals surface area contributed by atoms with Crippen molar-refractivity contribution in [3.63, 3.8) is 0 Å². The number of quaternary nitrogens is 1. The molecule has 0 N–H and O–H groups in total. The Balaban J connectivity index is 3.51. The molecule has 0 atom stereocenters. The lowest BCUT2D eigenvalue weighted by Crippen LogP contribution is -2.36. The van der Waals surface area contributed by atoms with Crippen molar-refractivity contribution >= 4 is 5.97 Å². The van der Waals surface area contributed by atoms with E-state index in [4.69, 9.17) is 4.74 Å². The predicted octanol–water partition coefficient (Wildman–Crippen LogP) is 0.812. The Hall–Kier alpha value is -0.830. The van der Waals surface area contributed by atoms with E-state index in [1.807, 2.05) is 21.1 Å². The van der Waals surface area contributed by atoms with Gasteiger partial charge in [0.15, 0.2) is 0 Å². The van der Waals surface area contributed by atoms with Crippen molar-refractivity contribution in [2.75, 3.05) is 34.3 Å². The monoisotopic (exact) mass is 172 g/mol. The fourth-order valence-corrected chi connectivity index (χ4v) is 0.651. The third-order valence-electron chi connectivity index (χ3n) is 1.35. The molecule has 0 aromatic carbocycles. The summed E-state index contributed by atoms with van der Waals surface area (Å²) in [7, 11) is 6.13. The third kappa shape index (κ3) is 7.28. The van der Waals surface area contributed by atoms with Gasteiger partial charge in [-0.05, 0) is 0 Å². The van der Waals surface area contributed by atoms with Crippen LogP contribution in [0.15, 0.2) is 12.7 Å². The summed E-state index contributed by atoms with van der Waals surface area (Å²) >= 11 is 0. The summed E-state index contributed by atoms with van der Waals surface area (Å²) in [6.45, 7) is 4.58. The second-order valence-electron chi connectivity index (χ2n) is 3.74. The Morgan fingerprint density at radius 1 is 1.50 bits per heavy atom. The van der Waals surface area contributed by atoms with E-state index in [0.29, 0.717) is 13.0 Å². The van der Waals surface area contributed by atoms with Crippen LogP contribution in [0.3, 0.4) is 0 Å². The third-order valence-corrected chi connectivity index (χ3v) is 1.35. The van der Waals surface area contributed by atoms with Gasteiger partial charge in [0.1, 0.15) is 6.61 Å². The molecule has 3 heteroatoms. The van der Waals surface area contributed by atoms with Gasteiger partial charge in [-0.3, -0.25) is 4.79 Å². The molecule has 0 radical (unpaired) electrons. The number of ether oxygens (including phenoxy) is 1. The smallest absolute Gasteiger partial charge is 0.311 e. The maximum atomic E-state index is 11.0. The molecule has 0 saturated heterocycles. The van der Waals surface area contributed by atoms with Crippen LogP contribution in [0.5, 0.6) is 0 Å². The second-order valence-corrected chi connectivity index (χ2v) is 3.74. The molecule has 0 unspecified atom stereocenters. The van der Waals surface area contributed by atoms with Crippen LogP contribution >= 0.6 is 0 Å². The van der Waals surface area contributed by atoms with Gasteiger partial charge in [0.05, 0.1) is 34.1 Å². The summed E-state index contributed by atoms with van der Waals surface area (Å²) in [5.74, 6) is -0.150. The van der Waals surface area contributed by atoms with E-state index in [1.54, 1.807) is 6.08 Å². The van der Waals surface area contributed by atoms with E-state index >= 15 is 0 Å². The van der Waals surface area contributed by atoms with Gasteiger partial charge in [0.2, 0.25) is 0 Å². The first-order valence-electron chi connectivity index (χ1n) is 4.02. The van der Waals surface area contributed by atoms with Crippen LogP contribution in [0.2, 0.25) is 0 Å². The first kappa shape index (κ1) is 11.2. The summed E-state index contributed by atoms with van der Waals surface area (Å²) in [4.78, 5) is 11.0. The number of hydrogen-bond acceptors (Lipinski definition) is 2. The Kier molecular flexibility index (Phi) is 4.59. The summed E-state index contributed by atoms with van der Waals surface area (Å²) in [6.07, 6.45) is 2.04. The molecule has 0 heterocycles. The van der Waals surface area contributed by atoms with Crippen LogP contribution in [-0.4, -0.2) is 44.7 Å². The van der Waals surface area contributed by atoms with E-state index in [9.17, 15) is 4.79 Å². The molecule has 0 bridgehead atoms.